The molecule has 1 aliphatic rings. The Bertz CT molecular complexity index is 1240. The Kier molecular flexibility index (Phi) is 5.94. The van der Waals surface area contributed by atoms with Crippen molar-refractivity contribution in [3.8, 4) is 11.4 Å². The fourth-order valence-corrected chi connectivity index (χ4v) is 4.52. The molecule has 7 heteroatoms. The molecular weight excluding hydrogens is 430 g/mol. The maximum Gasteiger partial charge on any atom is 0.264 e. The largest absolute Gasteiger partial charge is 0.497 e. The molecule has 1 amide bonds. The van der Waals surface area contributed by atoms with Crippen molar-refractivity contribution >= 4 is 46.2 Å². The van der Waals surface area contributed by atoms with Gasteiger partial charge in [-0.15, -0.1) is 0 Å². The van der Waals surface area contributed by atoms with Gasteiger partial charge in [0, 0.05) is 28.2 Å². The average Bonchev–Trinajstić information content (AvgIpc) is 3.23. The van der Waals surface area contributed by atoms with Crippen LogP contribution < -0.4 is 10.1 Å². The summed E-state index contributed by atoms with van der Waals surface area (Å²) in [5, 5.41) is 4.04. The first-order chi connectivity index (χ1) is 14.9. The van der Waals surface area contributed by atoms with E-state index in [1.54, 1.807) is 7.11 Å². The van der Waals surface area contributed by atoms with Crippen molar-refractivity contribution in [2.24, 2.45) is 4.99 Å². The van der Waals surface area contributed by atoms with Gasteiger partial charge in [-0.1, -0.05) is 23.7 Å². The van der Waals surface area contributed by atoms with Gasteiger partial charge < -0.3 is 14.6 Å². The number of nitrogens with zero attached hydrogens (tertiary/aromatic N) is 2. The molecule has 1 aliphatic heterocycles. The van der Waals surface area contributed by atoms with E-state index in [9.17, 15) is 4.79 Å². The van der Waals surface area contributed by atoms with Crippen LogP contribution in [0.5, 0.6) is 5.75 Å². The molecule has 3 aromatic rings. The number of hydrogen-bond donors (Lipinski definition) is 1. The summed E-state index contributed by atoms with van der Waals surface area (Å²) in [6.45, 7) is 6.00. The van der Waals surface area contributed by atoms with E-state index in [2.05, 4.69) is 20.9 Å². The van der Waals surface area contributed by atoms with Gasteiger partial charge in [-0.05, 0) is 80.1 Å². The lowest BCUT2D eigenvalue weighted by atomic mass is 10.2. The number of carbonyl (C=O) groups is 1. The van der Waals surface area contributed by atoms with Crippen LogP contribution in [0.3, 0.4) is 0 Å². The highest BCUT2D eigenvalue weighted by Crippen LogP contribution is 2.32. The molecule has 1 saturated heterocycles. The number of aromatic nitrogens is 1. The second-order valence-electron chi connectivity index (χ2n) is 7.23. The predicted molar refractivity (Wildman–Crippen MR) is 129 cm³/mol. The minimum absolute atomic E-state index is 0.158. The van der Waals surface area contributed by atoms with Crippen LogP contribution in [0, 0.1) is 20.8 Å². The Balaban J connectivity index is 1.66. The lowest BCUT2D eigenvalue weighted by molar-refractivity contribution is -0.115. The van der Waals surface area contributed by atoms with Crippen LogP contribution in [0.2, 0.25) is 5.02 Å². The van der Waals surface area contributed by atoms with Crippen molar-refractivity contribution < 1.29 is 9.53 Å². The maximum absolute atomic E-state index is 12.6. The number of amidine groups is 1. The SMILES string of the molecule is COc1cccc(-n2c(C)cc(/C=C3\SC(=Nc4cccc(Cl)c4C)NC3=O)c2C)c1. The van der Waals surface area contributed by atoms with Crippen molar-refractivity contribution in [3.05, 3.63) is 81.0 Å². The number of thioether (sulfide) groups is 1. The maximum atomic E-state index is 12.6. The van der Waals surface area contributed by atoms with Gasteiger partial charge in [-0.3, -0.25) is 4.79 Å². The highest BCUT2D eigenvalue weighted by atomic mass is 35.5. The number of ether oxygens (including phenoxy) is 1. The Morgan fingerprint density at radius 1 is 1.13 bits per heavy atom. The van der Waals surface area contributed by atoms with Crippen LogP contribution >= 0.6 is 23.4 Å². The van der Waals surface area contributed by atoms with Gasteiger partial charge in [0.25, 0.3) is 5.91 Å². The van der Waals surface area contributed by atoms with Crippen LogP contribution in [-0.2, 0) is 4.79 Å². The highest BCUT2D eigenvalue weighted by Gasteiger charge is 2.25. The predicted octanol–water partition coefficient (Wildman–Crippen LogP) is 5.96. The summed E-state index contributed by atoms with van der Waals surface area (Å²) in [6.07, 6.45) is 1.91. The minimum Gasteiger partial charge on any atom is -0.497 e. The average molecular weight is 452 g/mol. The fraction of sp³-hybridized carbons (Fsp3) is 0.167. The van der Waals surface area contributed by atoms with Crippen molar-refractivity contribution in [3.63, 3.8) is 0 Å². The lowest BCUT2D eigenvalue weighted by Crippen LogP contribution is -2.19. The van der Waals surface area contributed by atoms with Crippen LogP contribution in [-0.4, -0.2) is 22.8 Å². The molecule has 158 valence electrons. The Morgan fingerprint density at radius 3 is 2.68 bits per heavy atom. The zero-order chi connectivity index (χ0) is 22.1. The smallest absolute Gasteiger partial charge is 0.264 e. The van der Waals surface area contributed by atoms with Crippen LogP contribution in [0.25, 0.3) is 11.8 Å². The third kappa shape index (κ3) is 4.27. The molecule has 0 unspecified atom stereocenters. The molecule has 2 heterocycles. The van der Waals surface area contributed by atoms with Crippen molar-refractivity contribution in [2.75, 3.05) is 7.11 Å². The molecule has 0 spiro atoms. The summed E-state index contributed by atoms with van der Waals surface area (Å²) in [6, 6.07) is 15.5. The molecule has 1 fully saturated rings. The monoisotopic (exact) mass is 451 g/mol. The van der Waals surface area contributed by atoms with Crippen molar-refractivity contribution in [1.29, 1.82) is 0 Å². The summed E-state index contributed by atoms with van der Waals surface area (Å²) >= 11 is 7.51. The molecule has 0 radical (unpaired) electrons. The number of aliphatic imine (C=N–C) groups is 1. The van der Waals surface area contributed by atoms with Gasteiger partial charge in [0.1, 0.15) is 5.75 Å². The van der Waals surface area contributed by atoms with Gasteiger partial charge in [-0.2, -0.15) is 0 Å². The minimum atomic E-state index is -0.158. The Hall–Kier alpha value is -2.96. The van der Waals surface area contributed by atoms with Crippen LogP contribution in [0.1, 0.15) is 22.5 Å². The van der Waals surface area contributed by atoms with E-state index in [1.807, 2.05) is 69.3 Å². The van der Waals surface area contributed by atoms with E-state index < -0.39 is 0 Å². The molecule has 31 heavy (non-hydrogen) atoms. The topological polar surface area (TPSA) is 55.6 Å². The van der Waals surface area contributed by atoms with E-state index in [-0.39, 0.29) is 5.91 Å². The van der Waals surface area contributed by atoms with Crippen molar-refractivity contribution in [1.82, 2.24) is 9.88 Å². The summed E-state index contributed by atoms with van der Waals surface area (Å²) in [7, 11) is 1.66. The van der Waals surface area contributed by atoms with Gasteiger partial charge in [0.2, 0.25) is 0 Å². The number of carbonyl (C=O) groups excluding carboxylic acids is 1. The van der Waals surface area contributed by atoms with E-state index in [1.165, 1.54) is 11.8 Å². The lowest BCUT2D eigenvalue weighted by Gasteiger charge is -2.11. The number of nitrogens with one attached hydrogen (secondary N) is 1. The number of methoxy groups -OCH3 is 1. The highest BCUT2D eigenvalue weighted by molar-refractivity contribution is 8.18. The summed E-state index contributed by atoms with van der Waals surface area (Å²) in [5.41, 5.74) is 5.74. The molecule has 4 rings (SSSR count). The molecular formula is C24H22ClN3O2S. The van der Waals surface area contributed by atoms with E-state index in [0.717, 1.165) is 39.6 Å². The quantitative estimate of drug-likeness (QED) is 0.498. The van der Waals surface area contributed by atoms with E-state index >= 15 is 0 Å². The molecule has 5 nitrogen and oxygen atoms in total. The molecule has 0 atom stereocenters. The Labute approximate surface area is 190 Å². The van der Waals surface area contributed by atoms with Gasteiger partial charge in [0.15, 0.2) is 5.17 Å². The van der Waals surface area contributed by atoms with E-state index in [0.29, 0.717) is 15.1 Å². The molecule has 2 aromatic carbocycles. The fourth-order valence-electron chi connectivity index (χ4n) is 3.53. The second kappa shape index (κ2) is 8.65. The second-order valence-corrected chi connectivity index (χ2v) is 8.67. The zero-order valence-electron chi connectivity index (χ0n) is 17.7. The first kappa shape index (κ1) is 21.3. The van der Waals surface area contributed by atoms with E-state index in [4.69, 9.17) is 16.3 Å². The van der Waals surface area contributed by atoms with Gasteiger partial charge in [-0.25, -0.2) is 4.99 Å². The van der Waals surface area contributed by atoms with Crippen molar-refractivity contribution in [2.45, 2.75) is 20.8 Å². The molecule has 1 aromatic heterocycles. The number of halogens is 1. The third-order valence-electron chi connectivity index (χ3n) is 5.18. The normalized spacial score (nSPS) is 16.2. The zero-order valence-corrected chi connectivity index (χ0v) is 19.3. The number of amides is 1. The standard InChI is InChI=1S/C24H22ClN3O2S/c1-14-11-17(16(3)28(14)18-7-5-8-19(13-18)30-4)12-22-23(29)27-24(31-22)26-21-10-6-9-20(25)15(21)2/h5-13H,1-4H3,(H,26,27,29)/b22-12-. The summed E-state index contributed by atoms with van der Waals surface area (Å²) < 4.78 is 7.51. The number of rotatable bonds is 4. The van der Waals surface area contributed by atoms with Gasteiger partial charge in [0.05, 0.1) is 17.7 Å². The first-order valence-electron chi connectivity index (χ1n) is 9.75. The molecule has 0 aliphatic carbocycles. The number of aryl methyl sites for hydroxylation is 1. The molecule has 1 N–H and O–H groups in total. The molecule has 0 saturated carbocycles. The Morgan fingerprint density at radius 2 is 1.90 bits per heavy atom. The van der Waals surface area contributed by atoms with Crippen LogP contribution in [0.15, 0.2) is 58.4 Å². The van der Waals surface area contributed by atoms with Crippen LogP contribution in [0.4, 0.5) is 5.69 Å². The number of benzene rings is 2. The third-order valence-corrected chi connectivity index (χ3v) is 6.50. The summed E-state index contributed by atoms with van der Waals surface area (Å²) in [5.74, 6) is 0.641. The number of hydrogen-bond acceptors (Lipinski definition) is 4. The summed E-state index contributed by atoms with van der Waals surface area (Å²) in [4.78, 5) is 17.7. The van der Waals surface area contributed by atoms with Gasteiger partial charge >= 0.3 is 0 Å². The first-order valence-corrected chi connectivity index (χ1v) is 10.9. The molecule has 0 bridgehead atoms.